The highest BCUT2D eigenvalue weighted by atomic mass is 16.7. The Hall–Kier alpha value is -0.690. The maximum Gasteiger partial charge on any atom is 0.314 e. The van der Waals surface area contributed by atoms with Gasteiger partial charge in [-0.2, -0.15) is 5.06 Å². The maximum absolute atomic E-state index is 11.4. The van der Waals surface area contributed by atoms with Gasteiger partial charge in [-0.05, 0) is 33.6 Å². The molecule has 2 rings (SSSR count). The molecule has 0 amide bonds. The van der Waals surface area contributed by atoms with Crippen LogP contribution in [0, 0.1) is 5.41 Å². The Morgan fingerprint density at radius 3 is 2.00 bits per heavy atom. The number of ether oxygens (including phenoxy) is 2. The molecule has 0 atom stereocenters. The third-order valence-electron chi connectivity index (χ3n) is 5.46. The van der Waals surface area contributed by atoms with Crippen molar-refractivity contribution in [2.75, 3.05) is 13.2 Å². The summed E-state index contributed by atoms with van der Waals surface area (Å²) in [7, 11) is 0. The zero-order valence-corrected chi connectivity index (χ0v) is 14.3. The van der Waals surface area contributed by atoms with E-state index in [0.717, 1.165) is 12.8 Å². The Bertz CT molecular complexity index is 436. The van der Waals surface area contributed by atoms with Crippen molar-refractivity contribution in [3.8, 4) is 0 Å². The Labute approximate surface area is 132 Å². The van der Waals surface area contributed by atoms with Crippen molar-refractivity contribution in [1.29, 1.82) is 0 Å². The number of hydrogen-bond acceptors (Lipinski definition) is 5. The lowest BCUT2D eigenvalue weighted by Crippen LogP contribution is -2.69. The van der Waals surface area contributed by atoms with E-state index in [1.54, 1.807) is 6.92 Å². The quantitative estimate of drug-likeness (QED) is 0.833. The fraction of sp³-hybridized carbons (Fsp3) is 0.938. The molecule has 0 unspecified atom stereocenters. The minimum atomic E-state index is -1.01. The first kappa shape index (κ1) is 17.7. The topological polar surface area (TPSA) is 79.2 Å². The van der Waals surface area contributed by atoms with Gasteiger partial charge < -0.3 is 19.8 Å². The van der Waals surface area contributed by atoms with E-state index in [9.17, 15) is 15.1 Å². The zero-order chi connectivity index (χ0) is 16.8. The average molecular weight is 315 g/mol. The highest BCUT2D eigenvalue weighted by Gasteiger charge is 2.59. The summed E-state index contributed by atoms with van der Waals surface area (Å²) < 4.78 is 12.0. The second-order valence-electron chi connectivity index (χ2n) is 7.76. The summed E-state index contributed by atoms with van der Waals surface area (Å²) in [5.74, 6) is -1.72. The van der Waals surface area contributed by atoms with Crippen LogP contribution in [0.5, 0.6) is 0 Å². The van der Waals surface area contributed by atoms with Gasteiger partial charge in [0.2, 0.25) is 0 Å². The Morgan fingerprint density at radius 1 is 1.09 bits per heavy atom. The van der Waals surface area contributed by atoms with Crippen molar-refractivity contribution < 1.29 is 24.6 Å². The Balaban J connectivity index is 2.28. The van der Waals surface area contributed by atoms with Gasteiger partial charge in [0.05, 0.1) is 18.8 Å². The van der Waals surface area contributed by atoms with Crippen LogP contribution < -0.4 is 0 Å². The minimum absolute atomic E-state index is 0.132. The molecule has 0 radical (unpaired) electrons. The van der Waals surface area contributed by atoms with Crippen LogP contribution in [0.2, 0.25) is 0 Å². The van der Waals surface area contributed by atoms with Gasteiger partial charge in [0.25, 0.3) is 0 Å². The lowest BCUT2D eigenvalue weighted by molar-refractivity contribution is -0.374. The van der Waals surface area contributed by atoms with E-state index in [0.29, 0.717) is 12.8 Å². The van der Waals surface area contributed by atoms with E-state index in [-0.39, 0.29) is 13.2 Å². The second-order valence-corrected chi connectivity index (χ2v) is 7.76. The third-order valence-corrected chi connectivity index (χ3v) is 5.46. The predicted molar refractivity (Wildman–Crippen MR) is 80.6 cm³/mol. The molecule has 6 heteroatoms. The van der Waals surface area contributed by atoms with Crippen molar-refractivity contribution in [2.45, 2.75) is 77.2 Å². The standard InChI is InChI=1S/C16H29NO5/c1-6-15(7-2)9-16(8-13(3,4)17(15)20)21-10-14(5,11-22-16)12(18)19/h20H,6-11H2,1-5H3,(H,18,19). The van der Waals surface area contributed by atoms with Crippen LogP contribution in [0.1, 0.15) is 60.3 Å². The molecule has 6 nitrogen and oxygen atoms in total. The normalized spacial score (nSPS) is 38.1. The van der Waals surface area contributed by atoms with Gasteiger partial charge in [-0.1, -0.05) is 13.8 Å². The number of rotatable bonds is 3. The first-order valence-electron chi connectivity index (χ1n) is 8.05. The van der Waals surface area contributed by atoms with Gasteiger partial charge in [0.1, 0.15) is 5.41 Å². The van der Waals surface area contributed by atoms with Crippen LogP contribution in [0.4, 0.5) is 0 Å². The molecule has 22 heavy (non-hydrogen) atoms. The van der Waals surface area contributed by atoms with E-state index in [1.165, 1.54) is 5.06 Å². The van der Waals surface area contributed by atoms with Crippen molar-refractivity contribution in [3.05, 3.63) is 0 Å². The maximum atomic E-state index is 11.4. The summed E-state index contributed by atoms with van der Waals surface area (Å²) in [6.45, 7) is 9.93. The molecule has 0 aliphatic carbocycles. The highest BCUT2D eigenvalue weighted by Crippen LogP contribution is 2.50. The van der Waals surface area contributed by atoms with Gasteiger partial charge >= 0.3 is 5.97 Å². The molecule has 2 aliphatic rings. The molecule has 0 aromatic rings. The van der Waals surface area contributed by atoms with E-state index < -0.39 is 28.2 Å². The van der Waals surface area contributed by atoms with Crippen molar-refractivity contribution in [1.82, 2.24) is 5.06 Å². The number of piperidine rings is 1. The van der Waals surface area contributed by atoms with E-state index in [4.69, 9.17) is 9.47 Å². The van der Waals surface area contributed by atoms with Gasteiger partial charge in [-0.15, -0.1) is 0 Å². The summed E-state index contributed by atoms with van der Waals surface area (Å²) in [6, 6.07) is 0. The molecule has 1 spiro atoms. The SMILES string of the molecule is CCC1(CC)CC2(CC(C)(C)N1O)OCC(C)(C(=O)O)CO2. The van der Waals surface area contributed by atoms with Crippen LogP contribution >= 0.6 is 0 Å². The molecule has 0 bridgehead atoms. The molecule has 2 saturated heterocycles. The molecule has 2 aliphatic heterocycles. The van der Waals surface area contributed by atoms with Crippen LogP contribution in [0.3, 0.4) is 0 Å². The minimum Gasteiger partial charge on any atom is -0.481 e. The molecule has 0 aromatic carbocycles. The molecule has 0 saturated carbocycles. The van der Waals surface area contributed by atoms with Crippen LogP contribution in [-0.2, 0) is 14.3 Å². The van der Waals surface area contributed by atoms with Crippen LogP contribution in [-0.4, -0.2) is 51.4 Å². The largest absolute Gasteiger partial charge is 0.481 e. The number of carboxylic acids is 1. The highest BCUT2D eigenvalue weighted by molar-refractivity contribution is 5.74. The third kappa shape index (κ3) is 2.66. The lowest BCUT2D eigenvalue weighted by Gasteiger charge is -2.59. The van der Waals surface area contributed by atoms with Crippen molar-refractivity contribution in [2.24, 2.45) is 5.41 Å². The Kier molecular flexibility index (Phi) is 4.37. The lowest BCUT2D eigenvalue weighted by atomic mass is 9.72. The van der Waals surface area contributed by atoms with Gasteiger partial charge in [0, 0.05) is 18.4 Å². The number of carbonyl (C=O) groups is 1. The number of hydrogen-bond donors (Lipinski definition) is 2. The fourth-order valence-corrected chi connectivity index (χ4v) is 3.81. The summed E-state index contributed by atoms with van der Waals surface area (Å²) in [5, 5.41) is 21.5. The zero-order valence-electron chi connectivity index (χ0n) is 14.3. The molecule has 2 N–H and O–H groups in total. The van der Waals surface area contributed by atoms with Crippen molar-refractivity contribution in [3.63, 3.8) is 0 Å². The molecule has 128 valence electrons. The molecular weight excluding hydrogens is 286 g/mol. The summed E-state index contributed by atoms with van der Waals surface area (Å²) >= 11 is 0. The first-order chi connectivity index (χ1) is 10.0. The van der Waals surface area contributed by atoms with Crippen LogP contribution in [0.25, 0.3) is 0 Å². The molecule has 0 aromatic heterocycles. The summed E-state index contributed by atoms with van der Waals surface area (Å²) in [5.41, 5.74) is -1.92. The number of aliphatic carboxylic acids is 1. The van der Waals surface area contributed by atoms with E-state index in [1.807, 2.05) is 27.7 Å². The van der Waals surface area contributed by atoms with Crippen LogP contribution in [0.15, 0.2) is 0 Å². The molecule has 2 heterocycles. The van der Waals surface area contributed by atoms with E-state index in [2.05, 4.69) is 0 Å². The summed E-state index contributed by atoms with van der Waals surface area (Å²) in [4.78, 5) is 11.4. The molecule has 2 fully saturated rings. The molecular formula is C16H29NO5. The van der Waals surface area contributed by atoms with Gasteiger partial charge in [-0.25, -0.2) is 0 Å². The van der Waals surface area contributed by atoms with E-state index >= 15 is 0 Å². The summed E-state index contributed by atoms with van der Waals surface area (Å²) in [6.07, 6.45) is 2.60. The monoisotopic (exact) mass is 315 g/mol. The van der Waals surface area contributed by atoms with Crippen molar-refractivity contribution >= 4 is 5.97 Å². The number of hydroxylamine groups is 2. The van der Waals surface area contributed by atoms with Gasteiger partial charge in [-0.3, -0.25) is 4.79 Å². The van der Waals surface area contributed by atoms with Gasteiger partial charge in [0.15, 0.2) is 5.79 Å². The first-order valence-corrected chi connectivity index (χ1v) is 8.05. The average Bonchev–Trinajstić information content (AvgIpc) is 2.46. The number of nitrogens with zero attached hydrogens (tertiary/aromatic N) is 1. The fourth-order valence-electron chi connectivity index (χ4n) is 3.81. The smallest absolute Gasteiger partial charge is 0.314 e. The predicted octanol–water partition coefficient (Wildman–Crippen LogP) is 2.64. The second kappa shape index (κ2) is 5.44. The Morgan fingerprint density at radius 2 is 1.59 bits per heavy atom. The number of carboxylic acid groups (broad SMARTS) is 1.